The molecule has 2 bridgehead atoms. The summed E-state index contributed by atoms with van der Waals surface area (Å²) >= 11 is 0. The summed E-state index contributed by atoms with van der Waals surface area (Å²) in [6, 6.07) is 3.91. The summed E-state index contributed by atoms with van der Waals surface area (Å²) in [6.45, 7) is 2.39. The van der Waals surface area contributed by atoms with Crippen molar-refractivity contribution in [1.29, 1.82) is 0 Å². The predicted octanol–water partition coefficient (Wildman–Crippen LogP) is 3.87. The number of piperidine rings is 2. The molecule has 156 valence electrons. The largest absolute Gasteiger partial charge is 0.416 e. The topological polar surface area (TPSA) is 66.5 Å². The van der Waals surface area contributed by atoms with Crippen LogP contribution in [-0.4, -0.2) is 37.0 Å². The molecule has 1 amide bonds. The van der Waals surface area contributed by atoms with Gasteiger partial charge in [-0.05, 0) is 55.9 Å². The number of nitrogens with one attached hydrogen (secondary N) is 1. The van der Waals surface area contributed by atoms with Gasteiger partial charge < -0.3 is 5.32 Å². The molecule has 1 saturated carbocycles. The number of sulfonamides is 1. The molecule has 1 N–H and O–H groups in total. The maximum Gasteiger partial charge on any atom is 0.416 e. The number of hydrogen-bond acceptors (Lipinski definition) is 3. The minimum atomic E-state index is -4.43. The van der Waals surface area contributed by atoms with Crippen molar-refractivity contribution >= 4 is 21.6 Å². The summed E-state index contributed by atoms with van der Waals surface area (Å²) in [5.41, 5.74) is -0.504. The molecule has 3 aliphatic rings. The van der Waals surface area contributed by atoms with Gasteiger partial charge in [0.2, 0.25) is 15.9 Å². The number of rotatable bonds is 6. The Labute approximate surface area is 163 Å². The van der Waals surface area contributed by atoms with Gasteiger partial charge in [0.15, 0.2) is 0 Å². The fourth-order valence-corrected chi connectivity index (χ4v) is 6.16. The van der Waals surface area contributed by atoms with Gasteiger partial charge >= 0.3 is 6.18 Å². The van der Waals surface area contributed by atoms with E-state index >= 15 is 0 Å². The van der Waals surface area contributed by atoms with Crippen LogP contribution in [0.2, 0.25) is 0 Å². The zero-order valence-corrected chi connectivity index (χ0v) is 16.5. The highest BCUT2D eigenvalue weighted by Crippen LogP contribution is 2.41. The van der Waals surface area contributed by atoms with Crippen molar-refractivity contribution in [2.75, 3.05) is 17.6 Å². The molecule has 1 aromatic rings. The second kappa shape index (κ2) is 8.02. The van der Waals surface area contributed by atoms with Gasteiger partial charge in [-0.3, -0.25) is 4.79 Å². The van der Waals surface area contributed by atoms with Gasteiger partial charge in [0.05, 0.1) is 17.2 Å². The highest BCUT2D eigenvalue weighted by Gasteiger charge is 2.48. The monoisotopic (exact) mass is 418 g/mol. The molecule has 5 nitrogen and oxygen atoms in total. The standard InChI is InChI=1S/C19H25F3N2O3S/c1-2-3-10-28(26,27)24-12-13-4-9-17(24)16(11-13)18(25)23-15-7-5-14(6-8-15)19(20,21)22/h5-8,13,16-17H,2-4,9-12H2,1H3,(H,23,25)/t13-,16+,17-/m0/s1. The normalized spacial score (nSPS) is 25.6. The van der Waals surface area contributed by atoms with Gasteiger partial charge in [-0.15, -0.1) is 0 Å². The Morgan fingerprint density at radius 2 is 1.89 bits per heavy atom. The van der Waals surface area contributed by atoms with Crippen LogP contribution in [-0.2, 0) is 21.0 Å². The lowest BCUT2D eigenvalue weighted by Crippen LogP contribution is -2.58. The molecule has 0 radical (unpaired) electrons. The Morgan fingerprint density at radius 3 is 2.46 bits per heavy atom. The molecule has 9 heteroatoms. The van der Waals surface area contributed by atoms with E-state index in [9.17, 15) is 26.4 Å². The van der Waals surface area contributed by atoms with Gasteiger partial charge in [0, 0.05) is 18.3 Å². The van der Waals surface area contributed by atoms with Crippen molar-refractivity contribution in [3.63, 3.8) is 0 Å². The Morgan fingerprint density at radius 1 is 1.21 bits per heavy atom. The number of halogens is 3. The molecule has 2 saturated heterocycles. The molecule has 2 aliphatic heterocycles. The molecule has 1 aromatic carbocycles. The van der Waals surface area contributed by atoms with E-state index in [-0.39, 0.29) is 29.3 Å². The number of carbonyl (C=O) groups excluding carboxylic acids is 1. The van der Waals surface area contributed by atoms with E-state index in [1.807, 2.05) is 6.92 Å². The molecule has 28 heavy (non-hydrogen) atoms. The first-order chi connectivity index (χ1) is 13.1. The van der Waals surface area contributed by atoms with Crippen molar-refractivity contribution in [2.24, 2.45) is 11.8 Å². The number of alkyl halides is 3. The van der Waals surface area contributed by atoms with E-state index in [0.29, 0.717) is 25.8 Å². The number of nitrogens with zero attached hydrogens (tertiary/aromatic N) is 1. The third-order valence-electron chi connectivity index (χ3n) is 5.66. The fourth-order valence-electron chi connectivity index (χ4n) is 4.17. The SMILES string of the molecule is CCCCS(=O)(=O)N1C[C@H]2CC[C@H]1[C@H](C(=O)Nc1ccc(C(F)(F)F)cc1)C2. The summed E-state index contributed by atoms with van der Waals surface area (Å²) < 4.78 is 64.9. The Hall–Kier alpha value is -1.61. The second-order valence-corrected chi connectivity index (χ2v) is 9.70. The first-order valence-corrected chi connectivity index (χ1v) is 11.2. The number of benzene rings is 1. The van der Waals surface area contributed by atoms with E-state index < -0.39 is 27.7 Å². The summed E-state index contributed by atoms with van der Waals surface area (Å²) in [5.74, 6) is -0.583. The molecule has 3 atom stereocenters. The summed E-state index contributed by atoms with van der Waals surface area (Å²) in [5, 5.41) is 2.66. The van der Waals surface area contributed by atoms with Crippen molar-refractivity contribution in [3.05, 3.63) is 29.8 Å². The number of anilines is 1. The van der Waals surface area contributed by atoms with Gasteiger partial charge in [0.25, 0.3) is 0 Å². The molecule has 2 heterocycles. The molecular weight excluding hydrogens is 393 g/mol. The lowest BCUT2D eigenvalue weighted by atomic mass is 9.73. The van der Waals surface area contributed by atoms with Crippen molar-refractivity contribution < 1.29 is 26.4 Å². The zero-order valence-electron chi connectivity index (χ0n) is 15.7. The van der Waals surface area contributed by atoms with Crippen LogP contribution in [0.3, 0.4) is 0 Å². The Bertz CT molecular complexity index is 809. The van der Waals surface area contributed by atoms with Crippen LogP contribution >= 0.6 is 0 Å². The van der Waals surface area contributed by atoms with E-state index in [0.717, 1.165) is 25.0 Å². The average molecular weight is 418 g/mol. The highest BCUT2D eigenvalue weighted by atomic mass is 32.2. The van der Waals surface area contributed by atoms with Crippen molar-refractivity contribution in [1.82, 2.24) is 4.31 Å². The summed E-state index contributed by atoms with van der Waals surface area (Å²) in [6.07, 6.45) is -0.928. The predicted molar refractivity (Wildman–Crippen MR) is 100 cm³/mol. The fraction of sp³-hybridized carbons (Fsp3) is 0.632. The average Bonchev–Trinajstić information content (AvgIpc) is 2.66. The minimum absolute atomic E-state index is 0.0833. The van der Waals surface area contributed by atoms with Crippen molar-refractivity contribution in [2.45, 2.75) is 51.2 Å². The number of amides is 1. The number of hydrogen-bond donors (Lipinski definition) is 1. The van der Waals surface area contributed by atoms with Gasteiger partial charge in [-0.2, -0.15) is 17.5 Å². The molecule has 0 unspecified atom stereocenters. The van der Waals surface area contributed by atoms with E-state index in [1.54, 1.807) is 0 Å². The van der Waals surface area contributed by atoms with E-state index in [4.69, 9.17) is 0 Å². The Kier molecular flexibility index (Phi) is 6.05. The third-order valence-corrected chi connectivity index (χ3v) is 7.60. The second-order valence-electron chi connectivity index (χ2n) is 7.66. The van der Waals surface area contributed by atoms with Crippen LogP contribution in [0.15, 0.2) is 24.3 Å². The molecular formula is C19H25F3N2O3S. The molecule has 4 rings (SSSR count). The number of unbranched alkanes of at least 4 members (excludes halogenated alkanes) is 1. The molecule has 1 aliphatic carbocycles. The Balaban J connectivity index is 1.71. The third kappa shape index (κ3) is 4.51. The maximum atomic E-state index is 12.8. The van der Waals surface area contributed by atoms with Crippen LogP contribution < -0.4 is 5.32 Å². The van der Waals surface area contributed by atoms with Gasteiger partial charge in [-0.25, -0.2) is 8.42 Å². The van der Waals surface area contributed by atoms with Crippen LogP contribution in [0.5, 0.6) is 0 Å². The van der Waals surface area contributed by atoms with Crippen molar-refractivity contribution in [3.8, 4) is 0 Å². The lowest BCUT2D eigenvalue weighted by Gasteiger charge is -2.48. The zero-order chi connectivity index (χ0) is 20.5. The van der Waals surface area contributed by atoms with Crippen LogP contribution in [0.4, 0.5) is 18.9 Å². The molecule has 0 aromatic heterocycles. The number of fused-ring (bicyclic) bond motifs is 3. The van der Waals surface area contributed by atoms with Gasteiger partial charge in [0.1, 0.15) is 0 Å². The summed E-state index contributed by atoms with van der Waals surface area (Å²) in [7, 11) is -3.41. The molecule has 0 spiro atoms. The van der Waals surface area contributed by atoms with Crippen LogP contribution in [0, 0.1) is 11.8 Å². The van der Waals surface area contributed by atoms with Crippen LogP contribution in [0.25, 0.3) is 0 Å². The highest BCUT2D eigenvalue weighted by molar-refractivity contribution is 7.89. The lowest BCUT2D eigenvalue weighted by molar-refractivity contribution is -0.137. The summed E-state index contributed by atoms with van der Waals surface area (Å²) in [4.78, 5) is 12.8. The van der Waals surface area contributed by atoms with E-state index in [2.05, 4.69) is 5.32 Å². The first-order valence-electron chi connectivity index (χ1n) is 9.59. The smallest absolute Gasteiger partial charge is 0.326 e. The first kappa shape index (κ1) is 21.1. The number of carbonyl (C=O) groups is 1. The van der Waals surface area contributed by atoms with E-state index in [1.165, 1.54) is 16.4 Å². The maximum absolute atomic E-state index is 12.8. The molecule has 3 fully saturated rings. The van der Waals surface area contributed by atoms with Gasteiger partial charge in [-0.1, -0.05) is 13.3 Å². The van der Waals surface area contributed by atoms with Crippen LogP contribution in [0.1, 0.15) is 44.6 Å². The quantitative estimate of drug-likeness (QED) is 0.763. The minimum Gasteiger partial charge on any atom is -0.326 e.